The number of rotatable bonds is 7. The van der Waals surface area contributed by atoms with E-state index in [9.17, 15) is 27.6 Å². The summed E-state index contributed by atoms with van der Waals surface area (Å²) in [6.45, 7) is 1.31. The number of hydrogen-bond donors (Lipinski definition) is 2. The number of alkyl halides is 3. The summed E-state index contributed by atoms with van der Waals surface area (Å²) < 4.78 is 42.3. The number of allylic oxidation sites excluding steroid dienone is 1. The molecule has 0 saturated carbocycles. The van der Waals surface area contributed by atoms with Crippen LogP contribution in [0.3, 0.4) is 0 Å². The maximum absolute atomic E-state index is 12.3. The number of nitrogens with one attached hydrogen (secondary N) is 2. The van der Waals surface area contributed by atoms with Gasteiger partial charge in [-0.2, -0.15) is 13.2 Å². The minimum absolute atomic E-state index is 0.0223. The highest BCUT2D eigenvalue weighted by Gasteiger charge is 2.36. The molecule has 2 aromatic rings. The molecule has 158 valence electrons. The number of hydrogen-bond acceptors (Lipinski definition) is 5. The van der Waals surface area contributed by atoms with Gasteiger partial charge in [-0.15, -0.1) is 0 Å². The molecule has 0 atom stereocenters. The molecule has 0 fully saturated rings. The summed E-state index contributed by atoms with van der Waals surface area (Å²) in [7, 11) is 0. The lowest BCUT2D eigenvalue weighted by atomic mass is 10.2. The highest BCUT2D eigenvalue weighted by Crippen LogP contribution is 2.23. The minimum atomic E-state index is -4.99. The van der Waals surface area contributed by atoms with Gasteiger partial charge in [0.05, 0.1) is 16.9 Å². The van der Waals surface area contributed by atoms with E-state index >= 15 is 0 Å². The molecule has 0 aliphatic rings. The molecule has 6 nitrogen and oxygen atoms in total. The number of para-hydroxylation sites is 1. The molecule has 0 unspecified atom stereocenters. The summed E-state index contributed by atoms with van der Waals surface area (Å²) in [5.41, 5.74) is 1.57. The Morgan fingerprint density at radius 2 is 1.80 bits per heavy atom. The third kappa shape index (κ3) is 6.73. The van der Waals surface area contributed by atoms with Crippen molar-refractivity contribution in [3.63, 3.8) is 0 Å². The van der Waals surface area contributed by atoms with Gasteiger partial charge in [0.2, 0.25) is 0 Å². The molecular formula is C20H16BrF3N2O4. The van der Waals surface area contributed by atoms with Gasteiger partial charge in [-0.1, -0.05) is 18.2 Å². The largest absolute Gasteiger partial charge is 0.454 e. The third-order valence-electron chi connectivity index (χ3n) is 3.63. The van der Waals surface area contributed by atoms with Crippen molar-refractivity contribution in [2.45, 2.75) is 13.1 Å². The van der Waals surface area contributed by atoms with Crippen LogP contribution in [0.2, 0.25) is 0 Å². The molecule has 1 amide bonds. The van der Waals surface area contributed by atoms with Crippen LogP contribution in [0.15, 0.2) is 59.2 Å². The number of ether oxygens (including phenoxy) is 1. The van der Waals surface area contributed by atoms with E-state index in [4.69, 9.17) is 4.74 Å². The number of carbonyl (C=O) groups excluding carboxylic acids is 3. The summed E-state index contributed by atoms with van der Waals surface area (Å²) in [5, 5.41) is 5.01. The summed E-state index contributed by atoms with van der Waals surface area (Å²) >= 11 is 3.32. The van der Waals surface area contributed by atoms with Crippen LogP contribution in [-0.2, 0) is 14.3 Å². The molecule has 2 N–H and O–H groups in total. The zero-order valence-electron chi connectivity index (χ0n) is 15.5. The molecule has 30 heavy (non-hydrogen) atoms. The fourth-order valence-corrected chi connectivity index (χ4v) is 2.80. The number of amides is 1. The molecule has 0 bridgehead atoms. The maximum atomic E-state index is 12.3. The summed E-state index contributed by atoms with van der Waals surface area (Å²) in [6, 6.07) is 11.1. The van der Waals surface area contributed by atoms with Crippen LogP contribution in [0.1, 0.15) is 15.9 Å². The van der Waals surface area contributed by atoms with Crippen LogP contribution < -0.4 is 10.6 Å². The topological polar surface area (TPSA) is 84.5 Å². The van der Waals surface area contributed by atoms with Gasteiger partial charge in [-0.3, -0.25) is 9.59 Å². The van der Waals surface area contributed by atoms with Crippen molar-refractivity contribution < 1.29 is 32.3 Å². The van der Waals surface area contributed by atoms with Gasteiger partial charge >= 0.3 is 12.1 Å². The first-order valence-electron chi connectivity index (χ1n) is 8.44. The van der Waals surface area contributed by atoms with Crippen LogP contribution in [0, 0.1) is 6.92 Å². The zero-order valence-corrected chi connectivity index (χ0v) is 17.1. The Hall–Kier alpha value is -3.14. The van der Waals surface area contributed by atoms with E-state index in [0.29, 0.717) is 16.2 Å². The fourth-order valence-electron chi connectivity index (χ4n) is 2.21. The van der Waals surface area contributed by atoms with Crippen LogP contribution >= 0.6 is 15.9 Å². The van der Waals surface area contributed by atoms with Gasteiger partial charge in [-0.25, -0.2) is 4.79 Å². The fraction of sp³-hybridized carbons (Fsp3) is 0.150. The molecule has 0 aromatic heterocycles. The third-order valence-corrected chi connectivity index (χ3v) is 4.29. The van der Waals surface area contributed by atoms with Gasteiger partial charge in [-0.05, 0) is 52.7 Å². The van der Waals surface area contributed by atoms with Crippen molar-refractivity contribution in [2.75, 3.05) is 17.2 Å². The second-order valence-electron chi connectivity index (χ2n) is 5.99. The maximum Gasteiger partial charge on any atom is 0.454 e. The molecule has 0 radical (unpaired) electrons. The first-order valence-corrected chi connectivity index (χ1v) is 9.23. The Kier molecular flexibility index (Phi) is 7.76. The lowest BCUT2D eigenvalue weighted by molar-refractivity contribution is -0.165. The molecular weight excluding hydrogens is 469 g/mol. The Bertz CT molecular complexity index is 990. The summed E-state index contributed by atoms with van der Waals surface area (Å²) in [6.07, 6.45) is -3.92. The Balaban J connectivity index is 1.98. The van der Waals surface area contributed by atoms with Crippen molar-refractivity contribution in [3.8, 4) is 0 Å². The Morgan fingerprint density at radius 3 is 2.47 bits per heavy atom. The van der Waals surface area contributed by atoms with Crippen molar-refractivity contribution in [3.05, 3.63) is 70.3 Å². The Labute approximate surface area is 178 Å². The van der Waals surface area contributed by atoms with E-state index in [1.165, 1.54) is 24.3 Å². The average Bonchev–Trinajstić information content (AvgIpc) is 2.68. The van der Waals surface area contributed by atoms with Crippen LogP contribution in [0.25, 0.3) is 0 Å². The van der Waals surface area contributed by atoms with Crippen molar-refractivity contribution in [1.82, 2.24) is 0 Å². The van der Waals surface area contributed by atoms with Crippen molar-refractivity contribution in [1.29, 1.82) is 0 Å². The second kappa shape index (κ2) is 10.1. The second-order valence-corrected chi connectivity index (χ2v) is 6.85. The molecule has 0 aliphatic carbocycles. The summed E-state index contributed by atoms with van der Waals surface area (Å²) in [4.78, 5) is 35.2. The number of halogens is 4. The van der Waals surface area contributed by atoms with Crippen LogP contribution in [-0.4, -0.2) is 30.4 Å². The highest BCUT2D eigenvalue weighted by atomic mass is 79.9. The normalized spacial score (nSPS) is 11.2. The van der Waals surface area contributed by atoms with E-state index in [-0.39, 0.29) is 11.3 Å². The molecule has 0 spiro atoms. The van der Waals surface area contributed by atoms with E-state index in [1.807, 2.05) is 6.92 Å². The first kappa shape index (κ1) is 23.1. The Morgan fingerprint density at radius 1 is 1.10 bits per heavy atom. The van der Waals surface area contributed by atoms with Crippen molar-refractivity contribution >= 4 is 45.0 Å². The van der Waals surface area contributed by atoms with E-state index in [2.05, 4.69) is 26.6 Å². The standard InChI is InChI=1S/C20H16BrF3N2O4/c1-12-6-7-16(14(21)10-12)26-18(28)11-30-19(29)13-4-2-3-5-15(13)25-9-8-17(27)20(22,23)24/h2-10,25H,11H2,1H3,(H,26,28)/b9-8+. The monoisotopic (exact) mass is 484 g/mol. The van der Waals surface area contributed by atoms with Crippen LogP contribution in [0.5, 0.6) is 0 Å². The smallest absolute Gasteiger partial charge is 0.452 e. The first-order chi connectivity index (χ1) is 14.1. The molecule has 2 rings (SSSR count). The zero-order chi connectivity index (χ0) is 22.3. The number of carbonyl (C=O) groups is 3. The van der Waals surface area contributed by atoms with Crippen LogP contribution in [0.4, 0.5) is 24.5 Å². The van der Waals surface area contributed by atoms with E-state index in [1.54, 1.807) is 18.2 Å². The van der Waals surface area contributed by atoms with Crippen molar-refractivity contribution in [2.24, 2.45) is 0 Å². The SMILES string of the molecule is Cc1ccc(NC(=O)COC(=O)c2ccccc2N/C=C/C(=O)C(F)(F)F)c(Br)c1. The average molecular weight is 485 g/mol. The number of aryl methyl sites for hydroxylation is 1. The van der Waals surface area contributed by atoms with Gasteiger partial charge in [0.15, 0.2) is 6.61 Å². The molecule has 10 heteroatoms. The van der Waals surface area contributed by atoms with Gasteiger partial charge < -0.3 is 15.4 Å². The number of esters is 1. The predicted octanol–water partition coefficient (Wildman–Crippen LogP) is 4.61. The number of anilines is 2. The molecule has 0 saturated heterocycles. The minimum Gasteiger partial charge on any atom is -0.452 e. The lowest BCUT2D eigenvalue weighted by Gasteiger charge is -2.11. The van der Waals surface area contributed by atoms with Gasteiger partial charge in [0.1, 0.15) is 0 Å². The lowest BCUT2D eigenvalue weighted by Crippen LogP contribution is -2.21. The van der Waals surface area contributed by atoms with Gasteiger partial charge in [0, 0.05) is 16.7 Å². The quantitative estimate of drug-likeness (QED) is 0.442. The predicted molar refractivity (Wildman–Crippen MR) is 108 cm³/mol. The van der Waals surface area contributed by atoms with E-state index < -0.39 is 30.4 Å². The summed E-state index contributed by atoms with van der Waals surface area (Å²) in [5.74, 6) is -3.49. The highest BCUT2D eigenvalue weighted by molar-refractivity contribution is 9.10. The number of ketones is 1. The molecule has 0 aliphatic heterocycles. The molecule has 2 aromatic carbocycles. The molecule has 0 heterocycles. The van der Waals surface area contributed by atoms with E-state index in [0.717, 1.165) is 11.8 Å². The van der Waals surface area contributed by atoms with Gasteiger partial charge in [0.25, 0.3) is 11.7 Å². The number of benzene rings is 2.